The van der Waals surface area contributed by atoms with E-state index < -0.39 is 21.7 Å². The van der Waals surface area contributed by atoms with Crippen molar-refractivity contribution < 1.29 is 17.2 Å². The Bertz CT molecular complexity index is 578. The molecule has 1 aromatic rings. The van der Waals surface area contributed by atoms with E-state index in [4.69, 9.17) is 11.6 Å². The number of rotatable bonds is 3. The topological polar surface area (TPSA) is 40.6 Å². The number of piperazine rings is 1. The van der Waals surface area contributed by atoms with Crippen LogP contribution in [0.4, 0.5) is 14.5 Å². The lowest BCUT2D eigenvalue weighted by Gasteiger charge is -2.35. The SMILES string of the molecule is CS(=O)(=O)N1CCN(c2c(F)cc(CCl)cc2F)CC1. The molecule has 0 N–H and O–H groups in total. The highest BCUT2D eigenvalue weighted by Gasteiger charge is 2.26. The number of hydrogen-bond donors (Lipinski definition) is 0. The van der Waals surface area contributed by atoms with Gasteiger partial charge in [0.05, 0.1) is 6.26 Å². The van der Waals surface area contributed by atoms with Crippen LogP contribution in [0.3, 0.4) is 0 Å². The maximum atomic E-state index is 13.9. The first-order valence-electron chi connectivity index (χ1n) is 6.07. The zero-order valence-electron chi connectivity index (χ0n) is 10.9. The third-order valence-electron chi connectivity index (χ3n) is 3.25. The second kappa shape index (κ2) is 5.83. The van der Waals surface area contributed by atoms with Crippen LogP contribution in [0.1, 0.15) is 5.56 Å². The molecule has 1 heterocycles. The highest BCUT2D eigenvalue weighted by Crippen LogP contribution is 2.27. The molecular formula is C12H15ClF2N2O2S. The summed E-state index contributed by atoms with van der Waals surface area (Å²) < 4.78 is 52.0. The standard InChI is InChI=1S/C12H15ClF2N2O2S/c1-20(18,19)17-4-2-16(3-5-17)12-10(14)6-9(8-13)7-11(12)15/h6-7H,2-5,8H2,1H3. The summed E-state index contributed by atoms with van der Waals surface area (Å²) in [5.41, 5.74) is 0.257. The van der Waals surface area contributed by atoms with Gasteiger partial charge in [-0.1, -0.05) is 0 Å². The van der Waals surface area contributed by atoms with Crippen LogP contribution in [-0.2, 0) is 15.9 Å². The van der Waals surface area contributed by atoms with Gasteiger partial charge >= 0.3 is 0 Å². The molecule has 20 heavy (non-hydrogen) atoms. The zero-order chi connectivity index (χ0) is 14.9. The molecule has 2 rings (SSSR count). The first-order chi connectivity index (χ1) is 9.32. The molecule has 1 aliphatic rings. The summed E-state index contributed by atoms with van der Waals surface area (Å²) in [5.74, 6) is -1.31. The normalized spacial score (nSPS) is 17.5. The summed E-state index contributed by atoms with van der Waals surface area (Å²) in [4.78, 5) is 1.52. The van der Waals surface area contributed by atoms with Crippen LogP contribution in [0.5, 0.6) is 0 Å². The molecule has 1 aromatic carbocycles. The number of halogens is 3. The van der Waals surface area contributed by atoms with Gasteiger partial charge in [0.2, 0.25) is 10.0 Å². The zero-order valence-corrected chi connectivity index (χ0v) is 12.5. The van der Waals surface area contributed by atoms with Crippen molar-refractivity contribution in [3.63, 3.8) is 0 Å². The van der Waals surface area contributed by atoms with Gasteiger partial charge in [0, 0.05) is 32.1 Å². The van der Waals surface area contributed by atoms with Gasteiger partial charge in [-0.25, -0.2) is 17.2 Å². The van der Waals surface area contributed by atoms with Crippen molar-refractivity contribution in [3.05, 3.63) is 29.3 Å². The molecule has 0 aromatic heterocycles. The Morgan fingerprint density at radius 2 is 1.65 bits per heavy atom. The first kappa shape index (κ1) is 15.5. The molecule has 112 valence electrons. The molecule has 0 saturated carbocycles. The molecule has 0 amide bonds. The summed E-state index contributed by atoms with van der Waals surface area (Å²) in [7, 11) is -3.26. The van der Waals surface area contributed by atoms with E-state index in [1.165, 1.54) is 21.3 Å². The van der Waals surface area contributed by atoms with E-state index in [0.717, 1.165) is 6.26 Å². The minimum absolute atomic E-state index is 0.0377. The van der Waals surface area contributed by atoms with E-state index in [1.54, 1.807) is 0 Å². The maximum Gasteiger partial charge on any atom is 0.211 e. The van der Waals surface area contributed by atoms with Crippen molar-refractivity contribution in [3.8, 4) is 0 Å². The molecule has 0 spiro atoms. The molecule has 1 fully saturated rings. The van der Waals surface area contributed by atoms with E-state index in [0.29, 0.717) is 5.56 Å². The van der Waals surface area contributed by atoms with Crippen molar-refractivity contribution in [2.24, 2.45) is 0 Å². The fraction of sp³-hybridized carbons (Fsp3) is 0.500. The highest BCUT2D eigenvalue weighted by atomic mass is 35.5. The van der Waals surface area contributed by atoms with Gasteiger partial charge in [-0.2, -0.15) is 4.31 Å². The number of sulfonamides is 1. The van der Waals surface area contributed by atoms with E-state index >= 15 is 0 Å². The number of benzene rings is 1. The van der Waals surface area contributed by atoms with Gasteiger partial charge in [-0.3, -0.25) is 0 Å². The van der Waals surface area contributed by atoms with Gasteiger partial charge < -0.3 is 4.90 Å². The van der Waals surface area contributed by atoms with Crippen LogP contribution < -0.4 is 4.90 Å². The summed E-state index contributed by atoms with van der Waals surface area (Å²) in [5, 5.41) is 0. The van der Waals surface area contributed by atoms with Crippen molar-refractivity contribution >= 4 is 27.3 Å². The van der Waals surface area contributed by atoms with Crippen molar-refractivity contribution in [2.75, 3.05) is 37.3 Å². The number of anilines is 1. The van der Waals surface area contributed by atoms with Crippen LogP contribution >= 0.6 is 11.6 Å². The third-order valence-corrected chi connectivity index (χ3v) is 4.87. The molecule has 0 unspecified atom stereocenters. The monoisotopic (exact) mass is 324 g/mol. The van der Waals surface area contributed by atoms with Crippen molar-refractivity contribution in [1.82, 2.24) is 4.31 Å². The molecule has 4 nitrogen and oxygen atoms in total. The van der Waals surface area contributed by atoms with Crippen LogP contribution in [0.15, 0.2) is 12.1 Å². The highest BCUT2D eigenvalue weighted by molar-refractivity contribution is 7.88. The second-order valence-corrected chi connectivity index (χ2v) is 6.94. The Morgan fingerprint density at radius 1 is 1.15 bits per heavy atom. The smallest absolute Gasteiger partial charge is 0.211 e. The Hall–Kier alpha value is -0.920. The summed E-state index contributed by atoms with van der Waals surface area (Å²) in [6.07, 6.45) is 1.12. The average Bonchev–Trinajstić information content (AvgIpc) is 2.37. The summed E-state index contributed by atoms with van der Waals surface area (Å²) in [6, 6.07) is 2.41. The van der Waals surface area contributed by atoms with Gasteiger partial charge in [-0.05, 0) is 17.7 Å². The predicted octanol–water partition coefficient (Wildman–Crippen LogP) is 1.79. The molecule has 0 bridgehead atoms. The Labute approximate surface area is 122 Å². The first-order valence-corrected chi connectivity index (χ1v) is 8.45. The van der Waals surface area contributed by atoms with Gasteiger partial charge in [0.25, 0.3) is 0 Å². The Morgan fingerprint density at radius 3 is 2.05 bits per heavy atom. The molecule has 0 radical (unpaired) electrons. The minimum atomic E-state index is -3.26. The fourth-order valence-corrected chi connectivity index (χ4v) is 3.22. The largest absolute Gasteiger partial charge is 0.364 e. The van der Waals surface area contributed by atoms with Gasteiger partial charge in [0.1, 0.15) is 17.3 Å². The third kappa shape index (κ3) is 3.21. The van der Waals surface area contributed by atoms with E-state index in [1.807, 2.05) is 0 Å². The molecule has 8 heteroatoms. The molecule has 0 aliphatic carbocycles. The van der Waals surface area contributed by atoms with Gasteiger partial charge in [-0.15, -0.1) is 11.6 Å². The van der Waals surface area contributed by atoms with Crippen LogP contribution in [0.2, 0.25) is 0 Å². The number of nitrogens with zero attached hydrogens (tertiary/aromatic N) is 2. The molecular weight excluding hydrogens is 310 g/mol. The number of alkyl halides is 1. The van der Waals surface area contributed by atoms with E-state index in [-0.39, 0.29) is 37.7 Å². The number of hydrogen-bond acceptors (Lipinski definition) is 3. The minimum Gasteiger partial charge on any atom is -0.364 e. The second-order valence-electron chi connectivity index (χ2n) is 4.69. The van der Waals surface area contributed by atoms with Crippen molar-refractivity contribution in [2.45, 2.75) is 5.88 Å². The quantitative estimate of drug-likeness (QED) is 0.796. The van der Waals surface area contributed by atoms with E-state index in [2.05, 4.69) is 0 Å². The predicted molar refractivity (Wildman–Crippen MR) is 74.5 cm³/mol. The van der Waals surface area contributed by atoms with Gasteiger partial charge in [0.15, 0.2) is 0 Å². The van der Waals surface area contributed by atoms with Crippen molar-refractivity contribution in [1.29, 1.82) is 0 Å². The Balaban J connectivity index is 2.19. The molecule has 0 atom stereocenters. The van der Waals surface area contributed by atoms with Crippen LogP contribution in [0.25, 0.3) is 0 Å². The fourth-order valence-electron chi connectivity index (χ4n) is 2.24. The van der Waals surface area contributed by atoms with Crippen LogP contribution in [0, 0.1) is 11.6 Å². The van der Waals surface area contributed by atoms with Crippen LogP contribution in [-0.4, -0.2) is 45.2 Å². The lowest BCUT2D eigenvalue weighted by atomic mass is 10.1. The Kier molecular flexibility index (Phi) is 4.51. The molecule has 1 aliphatic heterocycles. The summed E-state index contributed by atoms with van der Waals surface area (Å²) >= 11 is 5.56. The maximum absolute atomic E-state index is 13.9. The lowest BCUT2D eigenvalue weighted by molar-refractivity contribution is 0.384. The summed E-state index contributed by atoms with van der Waals surface area (Å²) in [6.45, 7) is 0.937. The lowest BCUT2D eigenvalue weighted by Crippen LogP contribution is -2.48. The molecule has 1 saturated heterocycles. The van der Waals surface area contributed by atoms with E-state index in [9.17, 15) is 17.2 Å². The average molecular weight is 325 g/mol.